The van der Waals surface area contributed by atoms with E-state index in [1.54, 1.807) is 27.6 Å². The first kappa shape index (κ1) is 25.7. The van der Waals surface area contributed by atoms with Gasteiger partial charge in [0.25, 0.3) is 0 Å². The first-order valence-corrected chi connectivity index (χ1v) is 12.9. The highest BCUT2D eigenvalue weighted by Crippen LogP contribution is 2.34. The van der Waals surface area contributed by atoms with Crippen LogP contribution in [0.5, 0.6) is 0 Å². The average molecular weight is 497 g/mol. The summed E-state index contributed by atoms with van der Waals surface area (Å²) < 4.78 is 11.9. The molecule has 0 atom stereocenters. The number of nitrogens with zero attached hydrogens (tertiary/aromatic N) is 4. The lowest BCUT2D eigenvalue weighted by Gasteiger charge is -2.39. The Kier molecular flexibility index (Phi) is 8.28. The summed E-state index contributed by atoms with van der Waals surface area (Å²) in [7, 11) is 1.37. The third kappa shape index (κ3) is 5.55. The van der Waals surface area contributed by atoms with Gasteiger partial charge < -0.3 is 14.4 Å². The molecular weight excluding hydrogens is 460 g/mol. The number of amides is 2. The van der Waals surface area contributed by atoms with Crippen LogP contribution in [-0.4, -0.2) is 65.5 Å². The Morgan fingerprint density at radius 2 is 1.69 bits per heavy atom. The number of carbonyl (C=O) groups is 3. The first-order valence-electron chi connectivity index (χ1n) is 12.9. The average Bonchev–Trinajstić information content (AvgIpc) is 3.35. The number of likely N-dealkylation sites (tertiary alicyclic amines) is 1. The minimum absolute atomic E-state index is 0.00211. The summed E-state index contributed by atoms with van der Waals surface area (Å²) in [6.45, 7) is 5.14. The SMILES string of the molecule is CCOC(=O)c1cn(-c2ccccc2)nc1N(C(=O)[C@H]1CC[C@H](C)CC1)C1CCN(C(=O)OC)CC1. The Morgan fingerprint density at radius 1 is 1.03 bits per heavy atom. The lowest BCUT2D eigenvalue weighted by molar-refractivity contribution is -0.124. The zero-order chi connectivity index (χ0) is 25.7. The molecule has 2 aromatic rings. The van der Waals surface area contributed by atoms with Crippen molar-refractivity contribution in [3.05, 3.63) is 42.1 Å². The standard InChI is InChI=1S/C27H36N4O5/c1-4-36-26(33)23-18-30(21-8-6-5-7-9-21)28-24(23)31(25(32)20-12-10-19(2)11-13-20)22-14-16-29(17-15-22)27(34)35-3/h5-9,18-20,22H,4,10-17H2,1-3H3/t19-,20-. The van der Waals surface area contributed by atoms with E-state index < -0.39 is 5.97 Å². The highest BCUT2D eigenvalue weighted by atomic mass is 16.5. The molecule has 2 aliphatic rings. The van der Waals surface area contributed by atoms with Crippen molar-refractivity contribution in [1.29, 1.82) is 0 Å². The number of esters is 1. The smallest absolute Gasteiger partial charge is 0.409 e. The maximum Gasteiger partial charge on any atom is 0.409 e. The van der Waals surface area contributed by atoms with Crippen LogP contribution in [0.3, 0.4) is 0 Å². The van der Waals surface area contributed by atoms with Crippen LogP contribution >= 0.6 is 0 Å². The first-order chi connectivity index (χ1) is 17.4. The number of piperidine rings is 1. The van der Waals surface area contributed by atoms with Crippen LogP contribution in [-0.2, 0) is 14.3 Å². The monoisotopic (exact) mass is 496 g/mol. The number of methoxy groups -OCH3 is 1. The number of ether oxygens (including phenoxy) is 2. The number of hydrogen-bond donors (Lipinski definition) is 0. The minimum atomic E-state index is -0.503. The zero-order valence-electron chi connectivity index (χ0n) is 21.4. The summed E-state index contributed by atoms with van der Waals surface area (Å²) in [5, 5.41) is 4.78. The highest BCUT2D eigenvalue weighted by molar-refractivity contribution is 6.02. The van der Waals surface area contributed by atoms with Crippen LogP contribution in [0.15, 0.2) is 36.5 Å². The van der Waals surface area contributed by atoms with Gasteiger partial charge in [-0.25, -0.2) is 14.3 Å². The van der Waals surface area contributed by atoms with Gasteiger partial charge in [-0.2, -0.15) is 0 Å². The van der Waals surface area contributed by atoms with Gasteiger partial charge in [-0.3, -0.25) is 9.69 Å². The number of benzene rings is 1. The van der Waals surface area contributed by atoms with Gasteiger partial charge in [0.15, 0.2) is 5.82 Å². The quantitative estimate of drug-likeness (QED) is 0.549. The fraction of sp³-hybridized carbons (Fsp3) is 0.556. The molecule has 0 radical (unpaired) electrons. The van der Waals surface area contributed by atoms with Gasteiger partial charge in [0.1, 0.15) is 5.56 Å². The lowest BCUT2D eigenvalue weighted by Crippen LogP contribution is -2.51. The van der Waals surface area contributed by atoms with Crippen LogP contribution in [0.2, 0.25) is 0 Å². The van der Waals surface area contributed by atoms with Crippen molar-refractivity contribution >= 4 is 23.8 Å². The molecule has 36 heavy (non-hydrogen) atoms. The van der Waals surface area contributed by atoms with Crippen LogP contribution < -0.4 is 4.90 Å². The summed E-state index contributed by atoms with van der Waals surface area (Å²) in [6.07, 6.45) is 6.09. The van der Waals surface area contributed by atoms with Crippen LogP contribution in [0.4, 0.5) is 10.6 Å². The molecule has 1 aliphatic carbocycles. The molecule has 9 heteroatoms. The molecule has 0 spiro atoms. The molecule has 0 unspecified atom stereocenters. The van der Waals surface area contributed by atoms with Crippen LogP contribution in [0.1, 0.15) is 62.7 Å². The van der Waals surface area contributed by atoms with E-state index in [2.05, 4.69) is 6.92 Å². The Hall–Kier alpha value is -3.36. The van der Waals surface area contributed by atoms with Gasteiger partial charge >= 0.3 is 12.1 Å². The number of anilines is 1. The van der Waals surface area contributed by atoms with E-state index in [1.165, 1.54) is 7.11 Å². The molecule has 4 rings (SSSR count). The number of para-hydroxylation sites is 1. The molecule has 1 aliphatic heterocycles. The van der Waals surface area contributed by atoms with Crippen molar-refractivity contribution in [2.75, 3.05) is 31.7 Å². The molecule has 1 aromatic heterocycles. The fourth-order valence-electron chi connectivity index (χ4n) is 5.21. The zero-order valence-corrected chi connectivity index (χ0v) is 21.4. The molecule has 0 N–H and O–H groups in total. The molecule has 2 fully saturated rings. The molecule has 1 saturated heterocycles. The van der Waals surface area contributed by atoms with Gasteiger partial charge in [-0.1, -0.05) is 25.1 Å². The van der Waals surface area contributed by atoms with E-state index in [0.29, 0.717) is 37.7 Å². The Balaban J connectivity index is 1.72. The molecular formula is C27H36N4O5. The Bertz CT molecular complexity index is 1050. The van der Waals surface area contributed by atoms with Crippen LogP contribution in [0, 0.1) is 11.8 Å². The van der Waals surface area contributed by atoms with E-state index in [-0.39, 0.29) is 36.1 Å². The summed E-state index contributed by atoms with van der Waals surface area (Å²) in [5.41, 5.74) is 1.06. The van der Waals surface area contributed by atoms with Gasteiger partial charge in [0, 0.05) is 31.2 Å². The van der Waals surface area contributed by atoms with Crippen molar-refractivity contribution in [2.45, 2.75) is 58.4 Å². The molecule has 9 nitrogen and oxygen atoms in total. The largest absolute Gasteiger partial charge is 0.462 e. The van der Waals surface area contributed by atoms with Gasteiger partial charge in [0.2, 0.25) is 5.91 Å². The topological polar surface area (TPSA) is 94.0 Å². The number of rotatable bonds is 6. The fourth-order valence-corrected chi connectivity index (χ4v) is 5.21. The molecule has 194 valence electrons. The normalized spacial score (nSPS) is 20.6. The van der Waals surface area contributed by atoms with Crippen molar-refractivity contribution in [1.82, 2.24) is 14.7 Å². The van der Waals surface area contributed by atoms with Gasteiger partial charge in [0.05, 0.1) is 19.4 Å². The molecule has 1 aromatic carbocycles. The summed E-state index contributed by atoms with van der Waals surface area (Å²) in [6, 6.07) is 9.31. The maximum atomic E-state index is 14.1. The van der Waals surface area contributed by atoms with E-state index in [9.17, 15) is 14.4 Å². The third-order valence-electron chi connectivity index (χ3n) is 7.30. The van der Waals surface area contributed by atoms with Gasteiger partial charge in [-0.15, -0.1) is 5.10 Å². The predicted molar refractivity (Wildman–Crippen MR) is 135 cm³/mol. The van der Waals surface area contributed by atoms with E-state index in [0.717, 1.165) is 31.4 Å². The second kappa shape index (κ2) is 11.6. The second-order valence-corrected chi connectivity index (χ2v) is 9.72. The molecule has 0 bridgehead atoms. The minimum Gasteiger partial charge on any atom is -0.462 e. The van der Waals surface area contributed by atoms with E-state index >= 15 is 0 Å². The summed E-state index contributed by atoms with van der Waals surface area (Å²) in [4.78, 5) is 42.5. The second-order valence-electron chi connectivity index (χ2n) is 9.72. The molecule has 2 amide bonds. The third-order valence-corrected chi connectivity index (χ3v) is 7.30. The maximum absolute atomic E-state index is 14.1. The summed E-state index contributed by atoms with van der Waals surface area (Å²) >= 11 is 0. The number of hydrogen-bond acceptors (Lipinski definition) is 6. The van der Waals surface area contributed by atoms with E-state index in [4.69, 9.17) is 14.6 Å². The Morgan fingerprint density at radius 3 is 2.31 bits per heavy atom. The van der Waals surface area contributed by atoms with Gasteiger partial charge in [-0.05, 0) is 63.5 Å². The van der Waals surface area contributed by atoms with E-state index in [1.807, 2.05) is 30.3 Å². The molecule has 2 heterocycles. The Labute approximate surface area is 212 Å². The highest BCUT2D eigenvalue weighted by Gasteiger charge is 2.39. The number of carbonyl (C=O) groups excluding carboxylic acids is 3. The lowest BCUT2D eigenvalue weighted by atomic mass is 9.82. The predicted octanol–water partition coefficient (Wildman–Crippen LogP) is 4.44. The molecule has 1 saturated carbocycles. The van der Waals surface area contributed by atoms with Crippen molar-refractivity contribution in [3.8, 4) is 5.69 Å². The van der Waals surface area contributed by atoms with Crippen molar-refractivity contribution in [3.63, 3.8) is 0 Å². The van der Waals surface area contributed by atoms with Crippen molar-refractivity contribution in [2.24, 2.45) is 11.8 Å². The van der Waals surface area contributed by atoms with Crippen molar-refractivity contribution < 1.29 is 23.9 Å². The number of aromatic nitrogens is 2. The summed E-state index contributed by atoms with van der Waals surface area (Å²) in [5.74, 6) is 0.325. The van der Waals surface area contributed by atoms with Crippen LogP contribution in [0.25, 0.3) is 5.69 Å².